The van der Waals surface area contributed by atoms with E-state index in [-0.39, 0.29) is 5.60 Å². The van der Waals surface area contributed by atoms with E-state index in [2.05, 4.69) is 10.5 Å². The largest absolute Gasteiger partial charge is 0.386 e. The van der Waals surface area contributed by atoms with E-state index >= 15 is 0 Å². The molecule has 10 heavy (non-hydrogen) atoms. The molecular weight excluding hydrogens is 132 g/mol. The molecule has 54 valence electrons. The summed E-state index contributed by atoms with van der Waals surface area (Å²) in [6.07, 6.45) is 1.43. The van der Waals surface area contributed by atoms with E-state index in [0.717, 1.165) is 19.4 Å². The first-order chi connectivity index (χ1) is 4.85. The summed E-state index contributed by atoms with van der Waals surface area (Å²) in [5.74, 6) is 0. The third kappa shape index (κ3) is 0.654. The highest BCUT2D eigenvalue weighted by Crippen LogP contribution is 2.26. The molecule has 0 radical (unpaired) electrons. The summed E-state index contributed by atoms with van der Waals surface area (Å²) in [5, 5.41) is 6.71. The molecule has 0 unspecified atom stereocenters. The first-order valence-corrected chi connectivity index (χ1v) is 3.26. The Labute approximate surface area is 58.2 Å². The van der Waals surface area contributed by atoms with Crippen LogP contribution in [0.5, 0.6) is 0 Å². The third-order valence-corrected chi connectivity index (χ3v) is 1.89. The van der Waals surface area contributed by atoms with E-state index in [1.165, 1.54) is 0 Å². The van der Waals surface area contributed by atoms with E-state index in [9.17, 15) is 4.79 Å². The van der Waals surface area contributed by atoms with Gasteiger partial charge in [-0.25, -0.2) is 0 Å². The number of carbonyl (C=O) groups is 1. The molecule has 1 saturated heterocycles. The Bertz CT molecular complexity index is 196. The fourth-order valence-electron chi connectivity index (χ4n) is 1.21. The fourth-order valence-corrected chi connectivity index (χ4v) is 1.21. The van der Waals surface area contributed by atoms with E-state index in [1.54, 1.807) is 0 Å². The van der Waals surface area contributed by atoms with Crippen LogP contribution in [0.25, 0.3) is 0 Å². The molecular formula is C6H8N2O2. The zero-order valence-corrected chi connectivity index (χ0v) is 5.46. The molecule has 2 aliphatic heterocycles. The van der Waals surface area contributed by atoms with E-state index in [1.807, 2.05) is 0 Å². The molecule has 0 aromatic carbocycles. The zero-order valence-electron chi connectivity index (χ0n) is 5.46. The van der Waals surface area contributed by atoms with Crippen LogP contribution in [-0.4, -0.2) is 30.7 Å². The minimum absolute atomic E-state index is 0.157. The van der Waals surface area contributed by atoms with Crippen molar-refractivity contribution in [2.75, 3.05) is 13.1 Å². The van der Waals surface area contributed by atoms with Gasteiger partial charge in [0.25, 0.3) is 0 Å². The third-order valence-electron chi connectivity index (χ3n) is 1.89. The lowest BCUT2D eigenvalue weighted by Crippen LogP contribution is -2.59. The van der Waals surface area contributed by atoms with Crippen molar-refractivity contribution in [1.82, 2.24) is 5.32 Å². The average Bonchev–Trinajstić information content (AvgIpc) is 2.29. The molecule has 1 N–H and O–H groups in total. The van der Waals surface area contributed by atoms with Crippen molar-refractivity contribution >= 4 is 12.0 Å². The molecule has 0 amide bonds. The number of hydrogen-bond acceptors (Lipinski definition) is 4. The molecule has 1 spiro atoms. The highest BCUT2D eigenvalue weighted by Gasteiger charge is 2.44. The first kappa shape index (κ1) is 5.85. The van der Waals surface area contributed by atoms with Crippen molar-refractivity contribution in [3.63, 3.8) is 0 Å². The Balaban J connectivity index is 2.04. The van der Waals surface area contributed by atoms with Gasteiger partial charge in [0, 0.05) is 19.5 Å². The van der Waals surface area contributed by atoms with Gasteiger partial charge >= 0.3 is 0 Å². The predicted molar refractivity (Wildman–Crippen MR) is 34.8 cm³/mol. The van der Waals surface area contributed by atoms with Gasteiger partial charge in [0.05, 0.1) is 0 Å². The normalized spacial score (nSPS) is 27.0. The standard InChI is InChI=1S/C6H8N2O2/c9-2-5-1-6(10-8-5)3-7-4-6/h2,7H,1,3-4H2. The molecule has 0 bridgehead atoms. The average molecular weight is 140 g/mol. The Morgan fingerprint density at radius 2 is 2.50 bits per heavy atom. The van der Waals surface area contributed by atoms with Gasteiger partial charge in [-0.2, -0.15) is 0 Å². The van der Waals surface area contributed by atoms with Crippen LogP contribution in [0.3, 0.4) is 0 Å². The minimum Gasteiger partial charge on any atom is -0.386 e. The summed E-state index contributed by atoms with van der Waals surface area (Å²) in [6.45, 7) is 1.63. The van der Waals surface area contributed by atoms with Crippen molar-refractivity contribution in [3.05, 3.63) is 0 Å². The minimum atomic E-state index is -0.157. The SMILES string of the molecule is O=CC1=NOC2(CNC2)C1. The predicted octanol–water partition coefficient (Wildman–Crippen LogP) is -0.696. The molecule has 0 aliphatic carbocycles. The number of nitrogens with zero attached hydrogens (tertiary/aromatic N) is 1. The Morgan fingerprint density at radius 3 is 2.80 bits per heavy atom. The summed E-state index contributed by atoms with van der Waals surface area (Å²) < 4.78 is 0. The Kier molecular flexibility index (Phi) is 1.05. The lowest BCUT2D eigenvalue weighted by atomic mass is 9.92. The summed E-state index contributed by atoms with van der Waals surface area (Å²) in [6, 6.07) is 0. The van der Waals surface area contributed by atoms with Crippen LogP contribution in [0.4, 0.5) is 0 Å². The zero-order chi connectivity index (χ0) is 7.03. The maximum absolute atomic E-state index is 10.2. The van der Waals surface area contributed by atoms with Gasteiger partial charge in [-0.3, -0.25) is 4.79 Å². The van der Waals surface area contributed by atoms with Gasteiger partial charge in [0.1, 0.15) is 5.71 Å². The van der Waals surface area contributed by atoms with Gasteiger partial charge in [0.2, 0.25) is 0 Å². The molecule has 4 nitrogen and oxygen atoms in total. The second-order valence-electron chi connectivity index (χ2n) is 2.76. The van der Waals surface area contributed by atoms with Crippen LogP contribution < -0.4 is 5.32 Å². The molecule has 4 heteroatoms. The van der Waals surface area contributed by atoms with Crippen molar-refractivity contribution in [2.24, 2.45) is 5.16 Å². The molecule has 1 fully saturated rings. The van der Waals surface area contributed by atoms with Crippen molar-refractivity contribution in [3.8, 4) is 0 Å². The number of rotatable bonds is 1. The van der Waals surface area contributed by atoms with E-state index in [0.29, 0.717) is 12.1 Å². The Morgan fingerprint density at radius 1 is 1.70 bits per heavy atom. The fraction of sp³-hybridized carbons (Fsp3) is 0.667. The topological polar surface area (TPSA) is 50.7 Å². The van der Waals surface area contributed by atoms with Crippen molar-refractivity contribution < 1.29 is 9.63 Å². The lowest BCUT2D eigenvalue weighted by molar-refractivity contribution is -0.102. The van der Waals surface area contributed by atoms with Crippen LogP contribution in [-0.2, 0) is 9.63 Å². The van der Waals surface area contributed by atoms with Gasteiger partial charge < -0.3 is 10.2 Å². The second kappa shape index (κ2) is 1.79. The lowest BCUT2D eigenvalue weighted by Gasteiger charge is -2.35. The summed E-state index contributed by atoms with van der Waals surface area (Å²) in [5.41, 5.74) is 0.373. The van der Waals surface area contributed by atoms with Crippen LogP contribution >= 0.6 is 0 Å². The smallest absolute Gasteiger partial charge is 0.168 e. The number of hydrogen-bond donors (Lipinski definition) is 1. The summed E-state index contributed by atoms with van der Waals surface area (Å²) >= 11 is 0. The highest BCUT2D eigenvalue weighted by atomic mass is 16.7. The molecule has 2 heterocycles. The van der Waals surface area contributed by atoms with Crippen LogP contribution in [0, 0.1) is 0 Å². The number of aldehydes is 1. The van der Waals surface area contributed by atoms with Crippen LogP contribution in [0.1, 0.15) is 6.42 Å². The molecule has 2 aliphatic rings. The summed E-state index contributed by atoms with van der Waals surface area (Å²) in [7, 11) is 0. The first-order valence-electron chi connectivity index (χ1n) is 3.26. The van der Waals surface area contributed by atoms with E-state index < -0.39 is 0 Å². The monoisotopic (exact) mass is 140 g/mol. The highest BCUT2D eigenvalue weighted by molar-refractivity contribution is 6.28. The maximum Gasteiger partial charge on any atom is 0.168 e. The quantitative estimate of drug-likeness (QED) is 0.490. The summed E-state index contributed by atoms with van der Waals surface area (Å²) in [4.78, 5) is 15.3. The van der Waals surface area contributed by atoms with Gasteiger partial charge in [-0.05, 0) is 0 Å². The molecule has 0 saturated carbocycles. The van der Waals surface area contributed by atoms with Gasteiger partial charge in [0.15, 0.2) is 11.9 Å². The second-order valence-corrected chi connectivity index (χ2v) is 2.76. The molecule has 2 rings (SSSR count). The molecule has 0 atom stereocenters. The van der Waals surface area contributed by atoms with Crippen molar-refractivity contribution in [1.29, 1.82) is 0 Å². The molecule has 0 aromatic heterocycles. The van der Waals surface area contributed by atoms with Gasteiger partial charge in [-0.1, -0.05) is 5.16 Å². The van der Waals surface area contributed by atoms with Crippen LogP contribution in [0.15, 0.2) is 5.16 Å². The molecule has 0 aromatic rings. The Hall–Kier alpha value is -0.900. The van der Waals surface area contributed by atoms with Crippen LogP contribution in [0.2, 0.25) is 0 Å². The number of nitrogens with one attached hydrogen (secondary N) is 1. The van der Waals surface area contributed by atoms with Crippen molar-refractivity contribution in [2.45, 2.75) is 12.0 Å². The maximum atomic E-state index is 10.2. The number of carbonyl (C=O) groups excluding carboxylic acids is 1. The van der Waals surface area contributed by atoms with Gasteiger partial charge in [-0.15, -0.1) is 0 Å². The van der Waals surface area contributed by atoms with E-state index in [4.69, 9.17) is 4.84 Å². The number of oxime groups is 1.